The lowest BCUT2D eigenvalue weighted by atomic mass is 10.2. The predicted molar refractivity (Wildman–Crippen MR) is 65.6 cm³/mol. The Bertz CT molecular complexity index is 245. The number of sulfone groups is 1. The Morgan fingerprint density at radius 1 is 1.00 bits per heavy atom. The topological polar surface area (TPSA) is 60.2 Å². The molecule has 0 heterocycles. The lowest BCUT2D eigenvalue weighted by Gasteiger charge is -2.07. The maximum absolute atomic E-state index is 11.5. The zero-order chi connectivity index (χ0) is 11.9. The van der Waals surface area contributed by atoms with Gasteiger partial charge in [0.1, 0.15) is 9.84 Å². The average molecular weight is 235 g/mol. The fourth-order valence-electron chi connectivity index (χ4n) is 1.31. The van der Waals surface area contributed by atoms with Crippen molar-refractivity contribution in [3.8, 4) is 0 Å². The van der Waals surface area contributed by atoms with E-state index in [2.05, 4.69) is 0 Å². The van der Waals surface area contributed by atoms with Crippen LogP contribution in [0.4, 0.5) is 0 Å². The largest absolute Gasteiger partial charge is 0.328 e. The molecule has 1 unspecified atom stereocenters. The molecule has 0 aliphatic rings. The molecule has 0 aromatic heterocycles. The molecule has 0 aliphatic heterocycles. The van der Waals surface area contributed by atoms with E-state index in [0.29, 0.717) is 17.4 Å². The van der Waals surface area contributed by atoms with Gasteiger partial charge in [0.05, 0.1) is 11.5 Å². The highest BCUT2D eigenvalue weighted by Gasteiger charge is 2.11. The molecule has 0 bridgehead atoms. The van der Waals surface area contributed by atoms with Crippen LogP contribution in [0.5, 0.6) is 0 Å². The Balaban J connectivity index is 3.66. The summed E-state index contributed by atoms with van der Waals surface area (Å²) in [6.45, 7) is 6.05. The van der Waals surface area contributed by atoms with Gasteiger partial charge in [0, 0.05) is 6.04 Å². The summed E-state index contributed by atoms with van der Waals surface area (Å²) in [7, 11) is -2.82. The fraction of sp³-hybridized carbons (Fsp3) is 1.00. The summed E-state index contributed by atoms with van der Waals surface area (Å²) >= 11 is 0. The van der Waals surface area contributed by atoms with Crippen molar-refractivity contribution in [2.24, 2.45) is 11.7 Å². The maximum atomic E-state index is 11.5. The zero-order valence-electron chi connectivity index (χ0n) is 10.2. The number of unbranched alkanes of at least 4 members (excludes halogenated alkanes) is 1. The van der Waals surface area contributed by atoms with Crippen molar-refractivity contribution in [1.82, 2.24) is 0 Å². The van der Waals surface area contributed by atoms with Crippen molar-refractivity contribution in [2.45, 2.75) is 52.5 Å². The minimum Gasteiger partial charge on any atom is -0.328 e. The van der Waals surface area contributed by atoms with Gasteiger partial charge in [-0.25, -0.2) is 8.42 Å². The Morgan fingerprint density at radius 3 is 2.07 bits per heavy atom. The molecule has 2 N–H and O–H groups in total. The van der Waals surface area contributed by atoms with Crippen molar-refractivity contribution >= 4 is 9.84 Å². The van der Waals surface area contributed by atoms with E-state index in [1.165, 1.54) is 0 Å². The van der Waals surface area contributed by atoms with Gasteiger partial charge in [-0.3, -0.25) is 0 Å². The third-order valence-electron chi connectivity index (χ3n) is 2.37. The Kier molecular flexibility index (Phi) is 7.18. The predicted octanol–water partition coefficient (Wildman–Crippen LogP) is 1.96. The van der Waals surface area contributed by atoms with Crippen molar-refractivity contribution in [1.29, 1.82) is 0 Å². The molecule has 4 heteroatoms. The molecule has 0 saturated carbocycles. The average Bonchev–Trinajstić information content (AvgIpc) is 2.09. The van der Waals surface area contributed by atoms with Gasteiger partial charge < -0.3 is 5.73 Å². The van der Waals surface area contributed by atoms with E-state index in [0.717, 1.165) is 25.7 Å². The van der Waals surface area contributed by atoms with Crippen molar-refractivity contribution < 1.29 is 8.42 Å². The molecule has 0 rings (SSSR count). The number of nitrogens with two attached hydrogens (primary N) is 1. The molecule has 0 amide bonds. The third kappa shape index (κ3) is 10.2. The first-order valence-corrected chi connectivity index (χ1v) is 7.61. The van der Waals surface area contributed by atoms with Gasteiger partial charge >= 0.3 is 0 Å². The highest BCUT2D eigenvalue weighted by Crippen LogP contribution is 2.07. The zero-order valence-corrected chi connectivity index (χ0v) is 11.0. The minimum absolute atomic E-state index is 0.184. The molecular formula is C11H25NO2S. The summed E-state index contributed by atoms with van der Waals surface area (Å²) in [6, 6.07) is 0.184. The van der Waals surface area contributed by atoms with Gasteiger partial charge in [-0.1, -0.05) is 20.3 Å². The standard InChI is InChI=1S/C11H25NO2S/c1-10(2)7-9-15(13,14)8-5-4-6-11(3)12/h10-11H,4-9,12H2,1-3H3. The fourth-order valence-corrected chi connectivity index (χ4v) is 2.98. The number of hydrogen-bond donors (Lipinski definition) is 1. The van der Waals surface area contributed by atoms with Crippen LogP contribution in [-0.2, 0) is 9.84 Å². The highest BCUT2D eigenvalue weighted by molar-refractivity contribution is 7.91. The van der Waals surface area contributed by atoms with E-state index >= 15 is 0 Å². The summed E-state index contributed by atoms with van der Waals surface area (Å²) in [4.78, 5) is 0. The molecular weight excluding hydrogens is 210 g/mol. The molecule has 0 aliphatic carbocycles. The van der Waals surface area contributed by atoms with Gasteiger partial charge in [0.15, 0.2) is 0 Å². The second-order valence-corrected chi connectivity index (χ2v) is 7.11. The van der Waals surface area contributed by atoms with Gasteiger partial charge in [-0.2, -0.15) is 0 Å². The first-order chi connectivity index (χ1) is 6.83. The van der Waals surface area contributed by atoms with E-state index in [4.69, 9.17) is 5.73 Å². The highest BCUT2D eigenvalue weighted by atomic mass is 32.2. The lowest BCUT2D eigenvalue weighted by Crippen LogP contribution is -2.16. The van der Waals surface area contributed by atoms with Crippen LogP contribution < -0.4 is 5.73 Å². The van der Waals surface area contributed by atoms with E-state index in [1.807, 2.05) is 20.8 Å². The van der Waals surface area contributed by atoms with Gasteiger partial charge in [-0.15, -0.1) is 0 Å². The molecule has 0 saturated heterocycles. The molecule has 0 aromatic carbocycles. The molecule has 3 nitrogen and oxygen atoms in total. The SMILES string of the molecule is CC(C)CCS(=O)(=O)CCCCC(C)N. The van der Waals surface area contributed by atoms with Gasteiger partial charge in [0.2, 0.25) is 0 Å². The van der Waals surface area contributed by atoms with Crippen LogP contribution in [0.1, 0.15) is 46.5 Å². The van der Waals surface area contributed by atoms with Crippen LogP contribution in [0.3, 0.4) is 0 Å². The lowest BCUT2D eigenvalue weighted by molar-refractivity contribution is 0.564. The first-order valence-electron chi connectivity index (χ1n) is 5.79. The molecule has 1 atom stereocenters. The summed E-state index contributed by atoms with van der Waals surface area (Å²) < 4.78 is 23.1. The molecule has 92 valence electrons. The van der Waals surface area contributed by atoms with E-state index in [9.17, 15) is 8.42 Å². The third-order valence-corrected chi connectivity index (χ3v) is 4.14. The molecule has 0 radical (unpaired) electrons. The molecule has 0 fully saturated rings. The van der Waals surface area contributed by atoms with Crippen LogP contribution >= 0.6 is 0 Å². The molecule has 0 aromatic rings. The number of rotatable bonds is 8. The summed E-state index contributed by atoms with van der Waals surface area (Å²) in [6.07, 6.45) is 3.36. The van der Waals surface area contributed by atoms with E-state index in [1.54, 1.807) is 0 Å². The van der Waals surface area contributed by atoms with Crippen molar-refractivity contribution in [2.75, 3.05) is 11.5 Å². The number of hydrogen-bond acceptors (Lipinski definition) is 3. The second-order valence-electron chi connectivity index (χ2n) is 4.81. The summed E-state index contributed by atoms with van der Waals surface area (Å²) in [5, 5.41) is 0. The van der Waals surface area contributed by atoms with Crippen molar-refractivity contribution in [3.63, 3.8) is 0 Å². The van der Waals surface area contributed by atoms with E-state index < -0.39 is 9.84 Å². The van der Waals surface area contributed by atoms with Crippen LogP contribution in [0.25, 0.3) is 0 Å². The van der Waals surface area contributed by atoms with Crippen LogP contribution in [0.15, 0.2) is 0 Å². The Hall–Kier alpha value is -0.0900. The monoisotopic (exact) mass is 235 g/mol. The first kappa shape index (κ1) is 14.9. The normalized spacial score (nSPS) is 14.5. The smallest absolute Gasteiger partial charge is 0.150 e. The molecule has 15 heavy (non-hydrogen) atoms. The second kappa shape index (κ2) is 7.23. The Labute approximate surface area is 94.4 Å². The summed E-state index contributed by atoms with van der Waals surface area (Å²) in [5.41, 5.74) is 5.59. The molecule has 0 spiro atoms. The quantitative estimate of drug-likeness (QED) is 0.654. The maximum Gasteiger partial charge on any atom is 0.150 e. The van der Waals surface area contributed by atoms with Gasteiger partial charge in [0.25, 0.3) is 0 Å². The Morgan fingerprint density at radius 2 is 1.60 bits per heavy atom. The van der Waals surface area contributed by atoms with Crippen LogP contribution in [0, 0.1) is 5.92 Å². The van der Waals surface area contributed by atoms with Gasteiger partial charge in [-0.05, 0) is 32.1 Å². The minimum atomic E-state index is -2.82. The van der Waals surface area contributed by atoms with E-state index in [-0.39, 0.29) is 6.04 Å². The summed E-state index contributed by atoms with van der Waals surface area (Å²) in [5.74, 6) is 1.12. The van der Waals surface area contributed by atoms with Crippen LogP contribution in [0.2, 0.25) is 0 Å². The van der Waals surface area contributed by atoms with Crippen molar-refractivity contribution in [3.05, 3.63) is 0 Å². The van der Waals surface area contributed by atoms with Crippen LogP contribution in [-0.4, -0.2) is 26.0 Å².